The molecule has 2 aromatic rings. The minimum atomic E-state index is -2.66. The highest BCUT2D eigenvalue weighted by atomic mass is 19.3. The Morgan fingerprint density at radius 1 is 1.16 bits per heavy atom. The van der Waals surface area contributed by atoms with Gasteiger partial charge in [-0.05, 0) is 87.0 Å². The molecule has 5 aliphatic rings. The highest BCUT2D eigenvalue weighted by molar-refractivity contribution is 5.93. The molecule has 1 amide bonds. The molecule has 0 spiro atoms. The molecule has 5 nitrogen and oxygen atoms in total. The molecule has 0 radical (unpaired) electrons. The molecule has 1 N–H and O–H groups in total. The van der Waals surface area contributed by atoms with Crippen LogP contribution in [0.2, 0.25) is 0 Å². The maximum absolute atomic E-state index is 13.7. The van der Waals surface area contributed by atoms with Crippen molar-refractivity contribution in [2.45, 2.75) is 83.1 Å². The Balaban J connectivity index is 1.28. The molecule has 2 aromatic heterocycles. The fourth-order valence-electron chi connectivity index (χ4n) is 7.40. The van der Waals surface area contributed by atoms with Crippen molar-refractivity contribution in [2.24, 2.45) is 23.2 Å². The summed E-state index contributed by atoms with van der Waals surface area (Å²) in [5, 5.41) is 7.52. The van der Waals surface area contributed by atoms with E-state index in [1.54, 1.807) is 6.07 Å². The van der Waals surface area contributed by atoms with E-state index in [4.69, 9.17) is 0 Å². The van der Waals surface area contributed by atoms with Crippen LogP contribution in [0.25, 0.3) is 5.65 Å². The van der Waals surface area contributed by atoms with Gasteiger partial charge in [0.2, 0.25) is 0 Å². The van der Waals surface area contributed by atoms with Crippen molar-refractivity contribution in [1.82, 2.24) is 19.9 Å². The van der Waals surface area contributed by atoms with E-state index in [1.807, 2.05) is 0 Å². The summed E-state index contributed by atoms with van der Waals surface area (Å²) in [6.45, 7) is 2.14. The predicted molar refractivity (Wildman–Crippen MR) is 112 cm³/mol. The first kappa shape index (κ1) is 19.6. The Bertz CT molecular complexity index is 993. The molecule has 0 saturated heterocycles. The van der Waals surface area contributed by atoms with Crippen molar-refractivity contribution < 1.29 is 13.6 Å². The van der Waals surface area contributed by atoms with E-state index < -0.39 is 6.43 Å². The van der Waals surface area contributed by atoms with Crippen LogP contribution in [0.15, 0.2) is 12.1 Å². The number of amides is 1. The minimum Gasteiger partial charge on any atom is -0.347 e. The molecule has 5 aliphatic carbocycles. The summed E-state index contributed by atoms with van der Waals surface area (Å²) in [5.74, 6) is 2.43. The molecule has 7 heteroatoms. The zero-order valence-corrected chi connectivity index (χ0v) is 18.0. The van der Waals surface area contributed by atoms with Gasteiger partial charge in [0, 0.05) is 23.7 Å². The van der Waals surface area contributed by atoms with Crippen molar-refractivity contribution in [2.75, 3.05) is 0 Å². The molecule has 31 heavy (non-hydrogen) atoms. The first-order chi connectivity index (χ1) is 14.9. The highest BCUT2D eigenvalue weighted by Gasteiger charge is 2.54. The molecule has 4 bridgehead atoms. The van der Waals surface area contributed by atoms with E-state index in [2.05, 4.69) is 22.3 Å². The van der Waals surface area contributed by atoms with Gasteiger partial charge in [-0.3, -0.25) is 4.79 Å². The largest absolute Gasteiger partial charge is 0.347 e. The van der Waals surface area contributed by atoms with Gasteiger partial charge in [-0.1, -0.05) is 6.92 Å². The maximum atomic E-state index is 13.7. The molecule has 2 heterocycles. The van der Waals surface area contributed by atoms with Gasteiger partial charge in [-0.2, -0.15) is 5.10 Å². The van der Waals surface area contributed by atoms with Crippen molar-refractivity contribution in [3.8, 4) is 0 Å². The number of rotatable bonds is 6. The summed E-state index contributed by atoms with van der Waals surface area (Å²) in [5.41, 5.74) is 1.23. The number of carbonyl (C=O) groups excluding carboxylic acids is 1. The van der Waals surface area contributed by atoms with Gasteiger partial charge in [0.05, 0.1) is 0 Å². The Morgan fingerprint density at radius 3 is 2.35 bits per heavy atom. The predicted octanol–water partition coefficient (Wildman–Crippen LogP) is 5.27. The second-order valence-electron chi connectivity index (χ2n) is 10.7. The molecule has 0 aliphatic heterocycles. The van der Waals surface area contributed by atoms with Gasteiger partial charge in [0.25, 0.3) is 12.3 Å². The third-order valence-corrected chi connectivity index (χ3v) is 8.46. The van der Waals surface area contributed by atoms with Crippen LogP contribution >= 0.6 is 0 Å². The van der Waals surface area contributed by atoms with Gasteiger partial charge in [0.15, 0.2) is 11.3 Å². The number of aromatic nitrogens is 3. The molecular weight excluding hydrogens is 398 g/mol. The summed E-state index contributed by atoms with van der Waals surface area (Å²) < 4.78 is 28.5. The number of carbonyl (C=O) groups is 1. The third kappa shape index (κ3) is 3.26. The number of hydrogen-bond donors (Lipinski definition) is 1. The van der Waals surface area contributed by atoms with Crippen LogP contribution in [0.1, 0.15) is 98.9 Å². The Hall–Kier alpha value is -2.05. The number of nitrogens with one attached hydrogen (secondary N) is 1. The van der Waals surface area contributed by atoms with Crippen molar-refractivity contribution in [3.05, 3.63) is 29.2 Å². The monoisotopic (exact) mass is 428 g/mol. The molecule has 7 rings (SSSR count). The van der Waals surface area contributed by atoms with Crippen molar-refractivity contribution in [3.63, 3.8) is 0 Å². The van der Waals surface area contributed by atoms with Crippen molar-refractivity contribution in [1.29, 1.82) is 0 Å². The topological polar surface area (TPSA) is 59.3 Å². The van der Waals surface area contributed by atoms with Crippen LogP contribution < -0.4 is 5.32 Å². The lowest BCUT2D eigenvalue weighted by molar-refractivity contribution is -0.0727. The second kappa shape index (κ2) is 6.97. The van der Waals surface area contributed by atoms with E-state index in [-0.39, 0.29) is 34.7 Å². The zero-order valence-electron chi connectivity index (χ0n) is 18.0. The Kier molecular flexibility index (Phi) is 4.41. The van der Waals surface area contributed by atoms with Crippen LogP contribution in [0, 0.1) is 23.2 Å². The summed E-state index contributed by atoms with van der Waals surface area (Å²) in [4.78, 5) is 17.7. The fraction of sp³-hybridized carbons (Fsp3) is 0.708. The number of fused-ring (bicyclic) bond motifs is 1. The number of hydrogen-bond acceptors (Lipinski definition) is 3. The first-order valence-corrected chi connectivity index (χ1v) is 11.9. The zero-order chi connectivity index (χ0) is 21.3. The Morgan fingerprint density at radius 2 is 1.81 bits per heavy atom. The lowest BCUT2D eigenvalue weighted by Gasteiger charge is -2.59. The van der Waals surface area contributed by atoms with Gasteiger partial charge in [-0.25, -0.2) is 18.3 Å². The average Bonchev–Trinajstić information content (AvgIpc) is 3.48. The quantitative estimate of drug-likeness (QED) is 0.682. The SMILES string of the molecule is CC[C@H](NC(=O)c1cc2nc(C3CC3)cc(C(F)F)n2n1)C12CC3CC(CC(C3)C1)C2. The smallest absolute Gasteiger partial charge is 0.280 e. The molecular formula is C24H30F2N4O. The summed E-state index contributed by atoms with van der Waals surface area (Å²) in [7, 11) is 0. The normalized spacial score (nSPS) is 32.7. The molecule has 5 fully saturated rings. The lowest BCUT2D eigenvalue weighted by atomic mass is 9.47. The van der Waals surface area contributed by atoms with Crippen LogP contribution in [0.4, 0.5) is 8.78 Å². The van der Waals surface area contributed by atoms with Gasteiger partial charge in [0.1, 0.15) is 5.69 Å². The summed E-state index contributed by atoms with van der Waals surface area (Å²) in [6.07, 6.45) is 7.92. The Labute approximate surface area is 181 Å². The molecule has 0 aromatic carbocycles. The van der Waals surface area contributed by atoms with E-state index in [0.29, 0.717) is 11.3 Å². The van der Waals surface area contributed by atoms with E-state index in [0.717, 1.165) is 41.5 Å². The second-order valence-corrected chi connectivity index (χ2v) is 10.7. The standard InChI is InChI=1S/C24H30F2N4O/c1-2-20(24-10-13-5-14(11-24)7-15(6-13)12-24)28-23(31)18-9-21-27-17(16-3-4-16)8-19(22(25)26)30(21)29-18/h8-9,13-16,20,22H,2-7,10-12H2,1H3,(H,28,31)/t13?,14?,15?,20-,24?/m0/s1. The van der Waals surface area contributed by atoms with E-state index >= 15 is 0 Å². The molecule has 5 saturated carbocycles. The number of nitrogens with zero attached hydrogens (tertiary/aromatic N) is 3. The average molecular weight is 429 g/mol. The lowest BCUT2D eigenvalue weighted by Crippen LogP contribution is -2.56. The minimum absolute atomic E-state index is 0.114. The van der Waals surface area contributed by atoms with Gasteiger partial charge < -0.3 is 5.32 Å². The van der Waals surface area contributed by atoms with Crippen LogP contribution in [0.3, 0.4) is 0 Å². The van der Waals surface area contributed by atoms with Crippen LogP contribution in [-0.4, -0.2) is 26.5 Å². The van der Waals surface area contributed by atoms with Crippen LogP contribution in [-0.2, 0) is 0 Å². The first-order valence-electron chi connectivity index (χ1n) is 11.9. The van der Waals surface area contributed by atoms with E-state index in [1.165, 1.54) is 44.6 Å². The third-order valence-electron chi connectivity index (χ3n) is 8.46. The number of halogens is 2. The van der Waals surface area contributed by atoms with Gasteiger partial charge in [-0.15, -0.1) is 0 Å². The molecule has 1 atom stereocenters. The summed E-state index contributed by atoms with van der Waals surface area (Å²) in [6, 6.07) is 3.14. The fourth-order valence-corrected chi connectivity index (χ4v) is 7.40. The number of alkyl halides is 2. The van der Waals surface area contributed by atoms with Gasteiger partial charge >= 0.3 is 0 Å². The van der Waals surface area contributed by atoms with Crippen LogP contribution in [0.5, 0.6) is 0 Å². The van der Waals surface area contributed by atoms with E-state index in [9.17, 15) is 13.6 Å². The highest BCUT2D eigenvalue weighted by Crippen LogP contribution is 2.61. The summed E-state index contributed by atoms with van der Waals surface area (Å²) >= 11 is 0. The molecule has 0 unspecified atom stereocenters. The van der Waals surface area contributed by atoms with Crippen molar-refractivity contribution >= 4 is 11.6 Å². The molecule has 166 valence electrons. The maximum Gasteiger partial charge on any atom is 0.280 e.